The van der Waals surface area contributed by atoms with Crippen LogP contribution in [0.1, 0.15) is 16.7 Å². The zero-order valence-corrected chi connectivity index (χ0v) is 12.4. The number of hydrogen-bond acceptors (Lipinski definition) is 2. The van der Waals surface area contributed by atoms with Gasteiger partial charge in [0.2, 0.25) is 0 Å². The second-order valence-electron chi connectivity index (χ2n) is 4.37. The Hall–Kier alpha value is -1.65. The first kappa shape index (κ1) is 14.8. The quantitative estimate of drug-likeness (QED) is 0.867. The SMILES string of the molecule is Cc1cc(F)ccc1COc1ccc(C(N)=S)cc1Cl. The Labute approximate surface area is 127 Å². The van der Waals surface area contributed by atoms with E-state index >= 15 is 0 Å². The van der Waals surface area contributed by atoms with Gasteiger partial charge < -0.3 is 10.5 Å². The van der Waals surface area contributed by atoms with Crippen LogP contribution in [0.2, 0.25) is 5.02 Å². The summed E-state index contributed by atoms with van der Waals surface area (Å²) in [5, 5.41) is 0.440. The molecule has 0 aliphatic heterocycles. The molecule has 0 unspecified atom stereocenters. The van der Waals surface area contributed by atoms with Crippen LogP contribution in [0.15, 0.2) is 36.4 Å². The van der Waals surface area contributed by atoms with Gasteiger partial charge in [0.05, 0.1) is 5.02 Å². The van der Waals surface area contributed by atoms with Crippen LogP contribution < -0.4 is 10.5 Å². The molecule has 0 aliphatic rings. The molecule has 0 bridgehead atoms. The molecule has 0 radical (unpaired) electrons. The molecule has 5 heteroatoms. The average Bonchev–Trinajstić information content (AvgIpc) is 2.38. The average molecular weight is 310 g/mol. The van der Waals surface area contributed by atoms with Crippen LogP contribution >= 0.6 is 23.8 Å². The number of rotatable bonds is 4. The van der Waals surface area contributed by atoms with Crippen LogP contribution in [0.5, 0.6) is 5.75 Å². The summed E-state index contributed by atoms with van der Waals surface area (Å²) in [4.78, 5) is 0.285. The van der Waals surface area contributed by atoms with Crippen molar-refractivity contribution in [1.29, 1.82) is 0 Å². The molecule has 2 rings (SSSR count). The monoisotopic (exact) mass is 309 g/mol. The Morgan fingerprint density at radius 1 is 1.30 bits per heavy atom. The lowest BCUT2D eigenvalue weighted by atomic mass is 10.1. The Kier molecular flexibility index (Phi) is 4.57. The van der Waals surface area contributed by atoms with Crippen LogP contribution in [0, 0.1) is 12.7 Å². The molecular weight excluding hydrogens is 297 g/mol. The second kappa shape index (κ2) is 6.20. The summed E-state index contributed by atoms with van der Waals surface area (Å²) >= 11 is 11.0. The molecule has 2 nitrogen and oxygen atoms in total. The number of thiocarbonyl (C=S) groups is 1. The molecule has 0 fully saturated rings. The molecule has 0 heterocycles. The number of hydrogen-bond donors (Lipinski definition) is 1. The van der Waals surface area contributed by atoms with Crippen molar-refractivity contribution in [3.05, 3.63) is 63.9 Å². The molecule has 20 heavy (non-hydrogen) atoms. The van der Waals surface area contributed by atoms with E-state index in [1.807, 2.05) is 6.92 Å². The van der Waals surface area contributed by atoms with Crippen molar-refractivity contribution in [2.24, 2.45) is 5.73 Å². The summed E-state index contributed by atoms with van der Waals surface area (Å²) in [5.41, 5.74) is 7.96. The maximum absolute atomic E-state index is 13.0. The summed E-state index contributed by atoms with van der Waals surface area (Å²) in [6.45, 7) is 2.15. The van der Waals surface area contributed by atoms with Gasteiger partial charge >= 0.3 is 0 Å². The predicted octanol–water partition coefficient (Wildman–Crippen LogP) is 4.00. The van der Waals surface area contributed by atoms with Gasteiger partial charge in [-0.05, 0) is 48.4 Å². The Balaban J connectivity index is 2.13. The van der Waals surface area contributed by atoms with Crippen LogP contribution in [-0.4, -0.2) is 4.99 Å². The van der Waals surface area contributed by atoms with Crippen LogP contribution in [0.3, 0.4) is 0 Å². The fourth-order valence-electron chi connectivity index (χ4n) is 1.75. The highest BCUT2D eigenvalue weighted by molar-refractivity contribution is 7.80. The van der Waals surface area contributed by atoms with Crippen molar-refractivity contribution < 1.29 is 9.13 Å². The third kappa shape index (κ3) is 3.46. The van der Waals surface area contributed by atoms with Crippen molar-refractivity contribution in [1.82, 2.24) is 0 Å². The minimum atomic E-state index is -0.259. The largest absolute Gasteiger partial charge is 0.487 e. The standard InChI is InChI=1S/C15H13ClFNOS/c1-9-6-12(17)4-2-11(9)8-19-14-5-3-10(15(18)20)7-13(14)16/h2-7H,8H2,1H3,(H2,18,20). The molecular formula is C15H13ClFNOS. The van der Waals surface area contributed by atoms with E-state index in [0.29, 0.717) is 22.9 Å². The highest BCUT2D eigenvalue weighted by Crippen LogP contribution is 2.26. The van der Waals surface area contributed by atoms with Crippen LogP contribution in [0.4, 0.5) is 4.39 Å². The first-order valence-corrected chi connectivity index (χ1v) is 6.73. The zero-order chi connectivity index (χ0) is 14.7. The summed E-state index contributed by atoms with van der Waals surface area (Å²) in [7, 11) is 0. The van der Waals surface area contributed by atoms with Crippen molar-refractivity contribution in [3.63, 3.8) is 0 Å². The van der Waals surface area contributed by atoms with Gasteiger partial charge in [0.15, 0.2) is 0 Å². The molecule has 0 aliphatic carbocycles. The van der Waals surface area contributed by atoms with E-state index in [9.17, 15) is 4.39 Å². The normalized spacial score (nSPS) is 10.3. The summed E-state index contributed by atoms with van der Waals surface area (Å²) in [6.07, 6.45) is 0. The molecule has 2 aromatic carbocycles. The number of aryl methyl sites for hydroxylation is 1. The third-order valence-electron chi connectivity index (χ3n) is 2.90. The van der Waals surface area contributed by atoms with E-state index in [4.69, 9.17) is 34.3 Å². The first-order chi connectivity index (χ1) is 9.47. The van der Waals surface area contributed by atoms with Gasteiger partial charge in [-0.2, -0.15) is 0 Å². The highest BCUT2D eigenvalue weighted by Gasteiger charge is 2.06. The van der Waals surface area contributed by atoms with Crippen LogP contribution in [-0.2, 0) is 6.61 Å². The number of benzene rings is 2. The minimum Gasteiger partial charge on any atom is -0.487 e. The highest BCUT2D eigenvalue weighted by atomic mass is 35.5. The van der Waals surface area contributed by atoms with E-state index in [-0.39, 0.29) is 10.8 Å². The zero-order valence-electron chi connectivity index (χ0n) is 10.8. The number of halogens is 2. The van der Waals surface area contributed by atoms with Gasteiger partial charge in [-0.25, -0.2) is 4.39 Å². The van der Waals surface area contributed by atoms with Gasteiger partial charge in [-0.15, -0.1) is 0 Å². The Morgan fingerprint density at radius 3 is 2.65 bits per heavy atom. The van der Waals surface area contributed by atoms with Gasteiger partial charge in [0.25, 0.3) is 0 Å². The molecule has 2 aromatic rings. The first-order valence-electron chi connectivity index (χ1n) is 5.94. The maximum atomic E-state index is 13.0. The summed E-state index contributed by atoms with van der Waals surface area (Å²) in [5.74, 6) is 0.278. The fourth-order valence-corrected chi connectivity index (χ4v) is 2.11. The van der Waals surface area contributed by atoms with Crippen molar-refractivity contribution in [2.75, 3.05) is 0 Å². The smallest absolute Gasteiger partial charge is 0.138 e. The van der Waals surface area contributed by atoms with E-state index < -0.39 is 0 Å². The number of ether oxygens (including phenoxy) is 1. The third-order valence-corrected chi connectivity index (χ3v) is 3.44. The lowest BCUT2D eigenvalue weighted by molar-refractivity contribution is 0.305. The second-order valence-corrected chi connectivity index (χ2v) is 5.22. The molecule has 0 atom stereocenters. The Bertz CT molecular complexity index is 660. The van der Waals surface area contributed by atoms with Gasteiger partial charge in [-0.1, -0.05) is 29.9 Å². The van der Waals surface area contributed by atoms with E-state index in [2.05, 4.69) is 0 Å². The molecule has 0 aromatic heterocycles. The maximum Gasteiger partial charge on any atom is 0.138 e. The molecule has 2 N–H and O–H groups in total. The van der Waals surface area contributed by atoms with Crippen molar-refractivity contribution in [3.8, 4) is 5.75 Å². The van der Waals surface area contributed by atoms with Crippen molar-refractivity contribution >= 4 is 28.8 Å². The molecule has 0 saturated carbocycles. The predicted molar refractivity (Wildman–Crippen MR) is 82.8 cm³/mol. The molecule has 0 spiro atoms. The fraction of sp³-hybridized carbons (Fsp3) is 0.133. The van der Waals surface area contributed by atoms with E-state index in [0.717, 1.165) is 11.1 Å². The summed E-state index contributed by atoms with van der Waals surface area (Å²) < 4.78 is 18.6. The lowest BCUT2D eigenvalue weighted by Crippen LogP contribution is -2.09. The molecule has 104 valence electrons. The van der Waals surface area contributed by atoms with Gasteiger partial charge in [0.1, 0.15) is 23.2 Å². The van der Waals surface area contributed by atoms with E-state index in [1.54, 1.807) is 24.3 Å². The van der Waals surface area contributed by atoms with Gasteiger partial charge in [-0.3, -0.25) is 0 Å². The van der Waals surface area contributed by atoms with E-state index in [1.165, 1.54) is 12.1 Å². The van der Waals surface area contributed by atoms with Crippen molar-refractivity contribution in [2.45, 2.75) is 13.5 Å². The molecule has 0 amide bonds. The van der Waals surface area contributed by atoms with Gasteiger partial charge in [0, 0.05) is 5.56 Å². The minimum absolute atomic E-state index is 0.259. The molecule has 0 saturated heterocycles. The van der Waals surface area contributed by atoms with Crippen LogP contribution in [0.25, 0.3) is 0 Å². The Morgan fingerprint density at radius 2 is 2.05 bits per heavy atom. The topological polar surface area (TPSA) is 35.2 Å². The number of nitrogens with two attached hydrogens (primary N) is 1. The summed E-state index contributed by atoms with van der Waals surface area (Å²) in [6, 6.07) is 9.70. The lowest BCUT2D eigenvalue weighted by Gasteiger charge is -2.11.